The molecule has 0 aromatic rings. The highest BCUT2D eigenvalue weighted by Gasteiger charge is 2.33. The van der Waals surface area contributed by atoms with Gasteiger partial charge in [0.1, 0.15) is 0 Å². The van der Waals surface area contributed by atoms with Gasteiger partial charge in [-0.15, -0.1) is 0 Å². The van der Waals surface area contributed by atoms with Crippen LogP contribution < -0.4 is 10.6 Å². The van der Waals surface area contributed by atoms with Crippen LogP contribution in [0.1, 0.15) is 45.4 Å². The van der Waals surface area contributed by atoms with E-state index < -0.39 is 0 Å². The van der Waals surface area contributed by atoms with Crippen molar-refractivity contribution in [3.05, 3.63) is 0 Å². The standard InChI is InChI=1S/C15H27N3O/c1-11(15(19)17-13-4-5-13)18-9-6-12(7-10-18)14-3-2-8-16-14/h11-14,16H,2-10H2,1H3,(H,17,19). The Hall–Kier alpha value is -0.610. The zero-order chi connectivity index (χ0) is 13.2. The minimum atomic E-state index is 0.0538. The molecule has 2 atom stereocenters. The zero-order valence-corrected chi connectivity index (χ0v) is 12.0. The van der Waals surface area contributed by atoms with Crippen molar-refractivity contribution < 1.29 is 4.79 Å². The second-order valence-electron chi connectivity index (χ2n) is 6.54. The van der Waals surface area contributed by atoms with E-state index in [1.165, 1.54) is 45.1 Å². The Balaban J connectivity index is 1.44. The first kappa shape index (κ1) is 13.4. The molecule has 4 heteroatoms. The number of hydrogen-bond donors (Lipinski definition) is 2. The van der Waals surface area contributed by atoms with Crippen LogP contribution in [0.3, 0.4) is 0 Å². The van der Waals surface area contributed by atoms with Crippen molar-refractivity contribution >= 4 is 5.91 Å². The third-order valence-electron chi connectivity index (χ3n) is 5.09. The van der Waals surface area contributed by atoms with Gasteiger partial charge in [-0.25, -0.2) is 0 Å². The summed E-state index contributed by atoms with van der Waals surface area (Å²) in [5, 5.41) is 6.75. The van der Waals surface area contributed by atoms with E-state index in [9.17, 15) is 4.79 Å². The molecule has 3 aliphatic rings. The van der Waals surface area contributed by atoms with Crippen molar-refractivity contribution in [3.63, 3.8) is 0 Å². The van der Waals surface area contributed by atoms with Gasteiger partial charge < -0.3 is 10.6 Å². The van der Waals surface area contributed by atoms with E-state index in [-0.39, 0.29) is 11.9 Å². The van der Waals surface area contributed by atoms with Crippen molar-refractivity contribution in [3.8, 4) is 0 Å². The average molecular weight is 265 g/mol. The number of likely N-dealkylation sites (tertiary alicyclic amines) is 1. The Morgan fingerprint density at radius 2 is 1.95 bits per heavy atom. The highest BCUT2D eigenvalue weighted by molar-refractivity contribution is 5.81. The minimum absolute atomic E-state index is 0.0538. The molecule has 0 bridgehead atoms. The van der Waals surface area contributed by atoms with Crippen molar-refractivity contribution in [2.24, 2.45) is 5.92 Å². The largest absolute Gasteiger partial charge is 0.352 e. The minimum Gasteiger partial charge on any atom is -0.352 e. The maximum absolute atomic E-state index is 12.1. The highest BCUT2D eigenvalue weighted by Crippen LogP contribution is 2.26. The second-order valence-corrected chi connectivity index (χ2v) is 6.54. The smallest absolute Gasteiger partial charge is 0.237 e. The first-order chi connectivity index (χ1) is 9.24. The van der Waals surface area contributed by atoms with Crippen molar-refractivity contribution in [1.29, 1.82) is 0 Å². The van der Waals surface area contributed by atoms with E-state index in [2.05, 4.69) is 22.5 Å². The van der Waals surface area contributed by atoms with Gasteiger partial charge in [-0.2, -0.15) is 0 Å². The lowest BCUT2D eigenvalue weighted by molar-refractivity contribution is -0.126. The van der Waals surface area contributed by atoms with E-state index >= 15 is 0 Å². The molecule has 1 amide bonds. The number of carbonyl (C=O) groups excluding carboxylic acids is 1. The van der Waals surface area contributed by atoms with E-state index in [0.29, 0.717) is 6.04 Å². The molecule has 0 aromatic carbocycles. The summed E-state index contributed by atoms with van der Waals surface area (Å²) in [5.74, 6) is 1.07. The first-order valence-corrected chi connectivity index (χ1v) is 8.02. The highest BCUT2D eigenvalue weighted by atomic mass is 16.2. The molecular formula is C15H27N3O. The molecule has 3 fully saturated rings. The SMILES string of the molecule is CC(C(=O)NC1CC1)N1CCC(C2CCCN2)CC1. The van der Waals surface area contributed by atoms with Crippen LogP contribution in [-0.4, -0.2) is 48.6 Å². The molecule has 2 aliphatic heterocycles. The van der Waals surface area contributed by atoms with Crippen molar-refractivity contribution in [1.82, 2.24) is 15.5 Å². The maximum atomic E-state index is 12.1. The predicted molar refractivity (Wildman–Crippen MR) is 75.9 cm³/mol. The van der Waals surface area contributed by atoms with Gasteiger partial charge >= 0.3 is 0 Å². The van der Waals surface area contributed by atoms with Crippen LogP contribution in [0.4, 0.5) is 0 Å². The first-order valence-electron chi connectivity index (χ1n) is 8.02. The Morgan fingerprint density at radius 3 is 2.53 bits per heavy atom. The van der Waals surface area contributed by atoms with Gasteiger partial charge in [0.25, 0.3) is 0 Å². The lowest BCUT2D eigenvalue weighted by atomic mass is 9.88. The fourth-order valence-corrected chi connectivity index (χ4v) is 3.54. The van der Waals surface area contributed by atoms with Crippen LogP contribution in [0.5, 0.6) is 0 Å². The molecule has 2 heterocycles. The number of nitrogens with one attached hydrogen (secondary N) is 2. The summed E-state index contributed by atoms with van der Waals surface area (Å²) in [6, 6.07) is 1.28. The van der Waals surface area contributed by atoms with Crippen LogP contribution in [0.25, 0.3) is 0 Å². The van der Waals surface area contributed by atoms with Gasteiger partial charge in [0, 0.05) is 12.1 Å². The quantitative estimate of drug-likeness (QED) is 0.800. The number of hydrogen-bond acceptors (Lipinski definition) is 3. The number of rotatable bonds is 4. The summed E-state index contributed by atoms with van der Waals surface area (Å²) in [5.41, 5.74) is 0. The van der Waals surface area contributed by atoms with Crippen LogP contribution in [0.2, 0.25) is 0 Å². The molecular weight excluding hydrogens is 238 g/mol. The third kappa shape index (κ3) is 3.29. The molecule has 0 aromatic heterocycles. The van der Waals surface area contributed by atoms with Gasteiger partial charge in [0.15, 0.2) is 0 Å². The molecule has 19 heavy (non-hydrogen) atoms. The molecule has 1 aliphatic carbocycles. The fraction of sp³-hybridized carbons (Fsp3) is 0.933. The summed E-state index contributed by atoms with van der Waals surface area (Å²) < 4.78 is 0. The van der Waals surface area contributed by atoms with Crippen LogP contribution in [-0.2, 0) is 4.79 Å². The summed E-state index contributed by atoms with van der Waals surface area (Å²) in [6.45, 7) is 5.43. The molecule has 108 valence electrons. The number of nitrogens with zero attached hydrogens (tertiary/aromatic N) is 1. The van der Waals surface area contributed by atoms with Crippen molar-refractivity contribution in [2.75, 3.05) is 19.6 Å². The van der Waals surface area contributed by atoms with E-state index in [1.807, 2.05) is 0 Å². The molecule has 4 nitrogen and oxygen atoms in total. The van der Waals surface area contributed by atoms with E-state index in [0.717, 1.165) is 25.0 Å². The molecule has 0 radical (unpaired) electrons. The van der Waals surface area contributed by atoms with Gasteiger partial charge in [-0.05, 0) is 71.0 Å². The lowest BCUT2D eigenvalue weighted by Crippen LogP contribution is -2.50. The number of carbonyl (C=O) groups is 1. The third-order valence-corrected chi connectivity index (χ3v) is 5.09. The molecule has 0 spiro atoms. The Kier molecular flexibility index (Phi) is 4.08. The normalized spacial score (nSPS) is 31.3. The van der Waals surface area contributed by atoms with Gasteiger partial charge in [-0.1, -0.05) is 0 Å². The summed E-state index contributed by atoms with van der Waals surface area (Å²) in [4.78, 5) is 14.4. The Labute approximate surface area is 116 Å². The second kappa shape index (κ2) is 5.80. The van der Waals surface area contributed by atoms with E-state index in [4.69, 9.17) is 0 Å². The molecule has 1 saturated carbocycles. The maximum Gasteiger partial charge on any atom is 0.237 e. The zero-order valence-electron chi connectivity index (χ0n) is 12.0. The van der Waals surface area contributed by atoms with Crippen LogP contribution in [0.15, 0.2) is 0 Å². The van der Waals surface area contributed by atoms with Gasteiger partial charge in [0.05, 0.1) is 6.04 Å². The topological polar surface area (TPSA) is 44.4 Å². The van der Waals surface area contributed by atoms with Crippen molar-refractivity contribution in [2.45, 2.75) is 63.6 Å². The summed E-state index contributed by atoms with van der Waals surface area (Å²) in [7, 11) is 0. The number of piperidine rings is 1. The summed E-state index contributed by atoms with van der Waals surface area (Å²) >= 11 is 0. The molecule has 2 unspecified atom stereocenters. The van der Waals surface area contributed by atoms with Crippen LogP contribution in [0, 0.1) is 5.92 Å². The van der Waals surface area contributed by atoms with Crippen LogP contribution >= 0.6 is 0 Å². The van der Waals surface area contributed by atoms with Gasteiger partial charge in [-0.3, -0.25) is 9.69 Å². The molecule has 2 N–H and O–H groups in total. The fourth-order valence-electron chi connectivity index (χ4n) is 3.54. The monoisotopic (exact) mass is 265 g/mol. The Morgan fingerprint density at radius 1 is 1.21 bits per heavy atom. The average Bonchev–Trinajstić information content (AvgIpc) is 3.08. The Bertz CT molecular complexity index is 315. The molecule has 3 rings (SSSR count). The summed E-state index contributed by atoms with van der Waals surface area (Å²) in [6.07, 6.45) is 7.53. The van der Waals surface area contributed by atoms with E-state index in [1.54, 1.807) is 0 Å². The number of amides is 1. The predicted octanol–water partition coefficient (Wildman–Crippen LogP) is 1.12. The van der Waals surface area contributed by atoms with Gasteiger partial charge in [0.2, 0.25) is 5.91 Å². The lowest BCUT2D eigenvalue weighted by Gasteiger charge is -2.37. The molecule has 2 saturated heterocycles.